The fraction of sp³-hybridized carbons (Fsp3) is 0.400. The highest BCUT2D eigenvalue weighted by Crippen LogP contribution is 2.21. The molecule has 0 atom stereocenters. The van der Waals surface area contributed by atoms with E-state index in [-0.39, 0.29) is 18.6 Å². The minimum atomic E-state index is -0.476. The van der Waals surface area contributed by atoms with E-state index in [9.17, 15) is 9.59 Å². The lowest BCUT2D eigenvalue weighted by Gasteiger charge is -2.13. The minimum Gasteiger partial charge on any atom is -0.452 e. The van der Waals surface area contributed by atoms with Gasteiger partial charge in [-0.1, -0.05) is 6.07 Å². The first kappa shape index (κ1) is 18.8. The van der Waals surface area contributed by atoms with Crippen molar-refractivity contribution in [3.63, 3.8) is 0 Å². The Balaban J connectivity index is 2.00. The number of esters is 1. The lowest BCUT2D eigenvalue weighted by atomic mass is 10.1. The minimum absolute atomic E-state index is 0.259. The third-order valence-corrected chi connectivity index (χ3v) is 4.06. The summed E-state index contributed by atoms with van der Waals surface area (Å²) in [6.45, 7) is 11.6. The number of anilines is 1. The molecule has 1 heterocycles. The van der Waals surface area contributed by atoms with Gasteiger partial charge in [-0.3, -0.25) is 4.79 Å². The van der Waals surface area contributed by atoms with Gasteiger partial charge in [0.1, 0.15) is 0 Å². The summed E-state index contributed by atoms with van der Waals surface area (Å²) >= 11 is 0. The van der Waals surface area contributed by atoms with E-state index in [0.29, 0.717) is 11.3 Å². The highest BCUT2D eigenvalue weighted by molar-refractivity contribution is 5.96. The van der Waals surface area contributed by atoms with Crippen molar-refractivity contribution in [3.8, 4) is 0 Å². The Kier molecular flexibility index (Phi) is 5.67. The number of amides is 1. The van der Waals surface area contributed by atoms with Gasteiger partial charge >= 0.3 is 5.97 Å². The van der Waals surface area contributed by atoms with Crippen LogP contribution in [0.2, 0.25) is 0 Å². The molecule has 5 heteroatoms. The van der Waals surface area contributed by atoms with Gasteiger partial charge in [0.05, 0.1) is 5.56 Å². The molecule has 1 aromatic carbocycles. The number of ether oxygens (including phenoxy) is 1. The number of rotatable bonds is 5. The highest BCUT2D eigenvalue weighted by Gasteiger charge is 2.19. The van der Waals surface area contributed by atoms with E-state index in [2.05, 4.69) is 23.7 Å². The Hall–Kier alpha value is -2.56. The summed E-state index contributed by atoms with van der Waals surface area (Å²) < 4.78 is 7.26. The molecule has 0 aliphatic rings. The van der Waals surface area contributed by atoms with Crippen molar-refractivity contribution in [2.75, 3.05) is 11.9 Å². The third kappa shape index (κ3) is 4.50. The molecular weight excluding hydrogens is 316 g/mol. The summed E-state index contributed by atoms with van der Waals surface area (Å²) in [4.78, 5) is 24.3. The average molecular weight is 342 g/mol. The lowest BCUT2D eigenvalue weighted by Crippen LogP contribution is -2.21. The summed E-state index contributed by atoms with van der Waals surface area (Å²) in [6.07, 6.45) is 0. The molecule has 1 amide bonds. The van der Waals surface area contributed by atoms with Crippen molar-refractivity contribution in [2.24, 2.45) is 0 Å². The van der Waals surface area contributed by atoms with Gasteiger partial charge in [0.25, 0.3) is 5.91 Å². The summed E-state index contributed by atoms with van der Waals surface area (Å²) in [5, 5.41) is 2.76. The van der Waals surface area contributed by atoms with Gasteiger partial charge < -0.3 is 14.6 Å². The molecule has 0 saturated heterocycles. The van der Waals surface area contributed by atoms with Crippen LogP contribution in [0, 0.1) is 27.7 Å². The number of hydrogen-bond donors (Lipinski definition) is 1. The molecule has 1 N–H and O–H groups in total. The van der Waals surface area contributed by atoms with E-state index in [0.717, 1.165) is 22.5 Å². The number of aryl methyl sites for hydroxylation is 3. The molecule has 1 aromatic heterocycles. The standard InChI is InChI=1S/C20H26N2O3/c1-12(2)22-15(5)10-18(16(22)6)20(24)25-11-19(23)21-17-8-13(3)7-14(4)9-17/h7-10,12H,11H2,1-6H3,(H,21,23). The molecular formula is C20H26N2O3. The number of hydrogen-bond acceptors (Lipinski definition) is 3. The molecule has 0 saturated carbocycles. The Morgan fingerprint density at radius 3 is 2.16 bits per heavy atom. The first-order valence-electron chi connectivity index (χ1n) is 8.42. The SMILES string of the molecule is Cc1cc(C)cc(NC(=O)COC(=O)c2cc(C)n(C(C)C)c2C)c1. The van der Waals surface area contributed by atoms with Crippen molar-refractivity contribution in [1.82, 2.24) is 4.57 Å². The molecule has 134 valence electrons. The number of aromatic nitrogens is 1. The summed E-state index contributed by atoms with van der Waals surface area (Å²) in [5.74, 6) is -0.827. The number of carbonyl (C=O) groups excluding carboxylic acids is 2. The maximum absolute atomic E-state index is 12.3. The molecule has 0 aliphatic carbocycles. The van der Waals surface area contributed by atoms with Gasteiger partial charge in [-0.15, -0.1) is 0 Å². The van der Waals surface area contributed by atoms with Crippen molar-refractivity contribution in [1.29, 1.82) is 0 Å². The van der Waals surface area contributed by atoms with E-state index in [4.69, 9.17) is 4.74 Å². The summed E-state index contributed by atoms with van der Waals surface area (Å²) in [6, 6.07) is 7.85. The van der Waals surface area contributed by atoms with Gasteiger partial charge in [0.2, 0.25) is 0 Å². The van der Waals surface area contributed by atoms with Gasteiger partial charge in [-0.05, 0) is 70.9 Å². The Morgan fingerprint density at radius 2 is 1.64 bits per heavy atom. The highest BCUT2D eigenvalue weighted by atomic mass is 16.5. The van der Waals surface area contributed by atoms with Crippen LogP contribution in [0.1, 0.15) is 52.8 Å². The van der Waals surface area contributed by atoms with Crippen molar-refractivity contribution >= 4 is 17.6 Å². The largest absolute Gasteiger partial charge is 0.452 e. The number of carbonyl (C=O) groups is 2. The molecule has 0 spiro atoms. The van der Waals surface area contributed by atoms with Crippen LogP contribution in [-0.4, -0.2) is 23.1 Å². The molecule has 2 aromatic rings. The molecule has 2 rings (SSSR count). The topological polar surface area (TPSA) is 60.3 Å². The van der Waals surface area contributed by atoms with E-state index in [1.807, 2.05) is 45.9 Å². The van der Waals surface area contributed by atoms with E-state index >= 15 is 0 Å². The van der Waals surface area contributed by atoms with Crippen LogP contribution in [-0.2, 0) is 9.53 Å². The summed E-state index contributed by atoms with van der Waals surface area (Å²) in [5.41, 5.74) is 5.19. The maximum atomic E-state index is 12.3. The Morgan fingerprint density at radius 1 is 1.04 bits per heavy atom. The quantitative estimate of drug-likeness (QED) is 0.832. The molecule has 0 bridgehead atoms. The van der Waals surface area contributed by atoms with Gasteiger partial charge in [-0.2, -0.15) is 0 Å². The molecule has 0 aliphatic heterocycles. The zero-order valence-electron chi connectivity index (χ0n) is 15.8. The second-order valence-electron chi connectivity index (χ2n) is 6.75. The number of benzene rings is 1. The fourth-order valence-corrected chi connectivity index (χ4v) is 3.23. The smallest absolute Gasteiger partial charge is 0.340 e. The Labute approximate surface area is 149 Å². The van der Waals surface area contributed by atoms with E-state index in [1.165, 1.54) is 0 Å². The van der Waals surface area contributed by atoms with Crippen LogP contribution in [0.25, 0.3) is 0 Å². The molecule has 5 nitrogen and oxygen atoms in total. The first-order valence-corrected chi connectivity index (χ1v) is 8.42. The predicted molar refractivity (Wildman–Crippen MR) is 99.1 cm³/mol. The molecule has 0 unspecified atom stereocenters. The molecule has 0 radical (unpaired) electrons. The average Bonchev–Trinajstić information content (AvgIpc) is 2.78. The molecule has 0 fully saturated rings. The van der Waals surface area contributed by atoms with Gasteiger partial charge in [0, 0.05) is 23.1 Å². The second kappa shape index (κ2) is 7.55. The normalized spacial score (nSPS) is 10.8. The first-order chi connectivity index (χ1) is 11.7. The van der Waals surface area contributed by atoms with Crippen LogP contribution >= 0.6 is 0 Å². The van der Waals surface area contributed by atoms with Crippen LogP contribution in [0.15, 0.2) is 24.3 Å². The van der Waals surface area contributed by atoms with Crippen molar-refractivity contribution < 1.29 is 14.3 Å². The zero-order valence-corrected chi connectivity index (χ0v) is 15.8. The van der Waals surface area contributed by atoms with Crippen molar-refractivity contribution in [3.05, 3.63) is 52.3 Å². The zero-order chi connectivity index (χ0) is 18.7. The second-order valence-corrected chi connectivity index (χ2v) is 6.75. The van der Waals surface area contributed by atoms with E-state index < -0.39 is 5.97 Å². The number of nitrogens with one attached hydrogen (secondary N) is 1. The fourth-order valence-electron chi connectivity index (χ4n) is 3.23. The third-order valence-electron chi connectivity index (χ3n) is 4.06. The summed E-state index contributed by atoms with van der Waals surface area (Å²) in [7, 11) is 0. The van der Waals surface area contributed by atoms with Gasteiger partial charge in [0.15, 0.2) is 6.61 Å². The van der Waals surface area contributed by atoms with Gasteiger partial charge in [-0.25, -0.2) is 4.79 Å². The number of nitrogens with zero attached hydrogens (tertiary/aromatic N) is 1. The van der Waals surface area contributed by atoms with E-state index in [1.54, 1.807) is 6.07 Å². The Bertz CT molecular complexity index is 783. The monoisotopic (exact) mass is 342 g/mol. The van der Waals surface area contributed by atoms with Crippen LogP contribution in [0.5, 0.6) is 0 Å². The maximum Gasteiger partial charge on any atom is 0.340 e. The molecule has 25 heavy (non-hydrogen) atoms. The van der Waals surface area contributed by atoms with Crippen LogP contribution in [0.4, 0.5) is 5.69 Å². The van der Waals surface area contributed by atoms with Crippen LogP contribution in [0.3, 0.4) is 0 Å². The lowest BCUT2D eigenvalue weighted by molar-refractivity contribution is -0.119. The van der Waals surface area contributed by atoms with Crippen molar-refractivity contribution in [2.45, 2.75) is 47.6 Å². The predicted octanol–water partition coefficient (Wildman–Crippen LogP) is 4.10. The van der Waals surface area contributed by atoms with Crippen LogP contribution < -0.4 is 5.32 Å².